The first kappa shape index (κ1) is 28.2. The zero-order valence-electron chi connectivity index (χ0n) is 25.0. The van der Waals surface area contributed by atoms with Crippen molar-refractivity contribution in [3.8, 4) is 0 Å². The number of hydrogen-bond donors (Lipinski definition) is 0. The number of aromatic nitrogens is 6. The van der Waals surface area contributed by atoms with Gasteiger partial charge >= 0.3 is 8.07 Å². The van der Waals surface area contributed by atoms with E-state index in [1.807, 2.05) is 0 Å². The molecule has 0 aliphatic heterocycles. The van der Waals surface area contributed by atoms with E-state index in [9.17, 15) is 0 Å². The Balaban J connectivity index is 1.34. The smallest absolute Gasteiger partial charge is 0.377 e. The third-order valence-electron chi connectivity index (χ3n) is 10.5. The van der Waals surface area contributed by atoms with Crippen molar-refractivity contribution in [2.24, 2.45) is 5.92 Å². The highest BCUT2D eigenvalue weighted by atomic mass is 28.3. The van der Waals surface area contributed by atoms with Crippen LogP contribution >= 0.6 is 0 Å². The first-order chi connectivity index (χ1) is 20.8. The van der Waals surface area contributed by atoms with E-state index in [1.54, 1.807) is 0 Å². The van der Waals surface area contributed by atoms with Gasteiger partial charge in [0.1, 0.15) is 0 Å². The van der Waals surface area contributed by atoms with E-state index in [1.165, 1.54) is 89.9 Å². The Morgan fingerprint density at radius 2 is 0.762 bits per heavy atom. The van der Waals surface area contributed by atoms with Crippen LogP contribution in [-0.2, 0) is 0 Å². The Kier molecular flexibility index (Phi) is 8.68. The maximum absolute atomic E-state index is 6.68. The molecule has 7 rings (SSSR count). The number of allylic oxidation sites excluding steroid dienone is 1. The largest absolute Gasteiger partial charge is 0.428 e. The molecule has 0 bridgehead atoms. The van der Waals surface area contributed by atoms with Crippen molar-refractivity contribution in [1.82, 2.24) is 30.6 Å². The quantitative estimate of drug-likeness (QED) is 0.286. The summed E-state index contributed by atoms with van der Waals surface area (Å²) in [5.41, 5.74) is 3.87. The molecule has 0 unspecified atom stereocenters. The molecule has 0 radical (unpaired) electrons. The normalized spacial score (nSPS) is 22.8. The number of nitrogens with zero attached hydrogens (tertiary/aromatic N) is 6. The summed E-state index contributed by atoms with van der Waals surface area (Å²) >= 11 is 0. The second-order valence-corrected chi connectivity index (χ2v) is 16.6. The Morgan fingerprint density at radius 1 is 0.429 bits per heavy atom. The molecule has 0 N–H and O–H groups in total. The summed E-state index contributed by atoms with van der Waals surface area (Å²) in [6.45, 7) is 0. The van der Waals surface area contributed by atoms with Gasteiger partial charge in [-0.05, 0) is 57.3 Å². The maximum Gasteiger partial charge on any atom is 0.377 e. The molecular formula is C32H46N6O3Si. The fourth-order valence-corrected chi connectivity index (χ4v) is 10.8. The van der Waals surface area contributed by atoms with Crippen LogP contribution in [0.3, 0.4) is 0 Å². The lowest BCUT2D eigenvalue weighted by Crippen LogP contribution is -2.68. The predicted molar refractivity (Wildman–Crippen MR) is 161 cm³/mol. The molecule has 0 aromatic carbocycles. The van der Waals surface area contributed by atoms with Gasteiger partial charge in [0.15, 0.2) is 0 Å². The third-order valence-corrected chi connectivity index (χ3v) is 13.8. The minimum absolute atomic E-state index is 0.301. The Hall–Kier alpha value is -2.62. The fourth-order valence-electron chi connectivity index (χ4n) is 7.82. The fraction of sp³-hybridized carbons (Fsp3) is 0.750. The van der Waals surface area contributed by atoms with Crippen molar-refractivity contribution in [3.63, 3.8) is 0 Å². The summed E-state index contributed by atoms with van der Waals surface area (Å²) in [5.74, 6) is 3.58. The molecule has 0 saturated heterocycles. The van der Waals surface area contributed by atoms with Crippen LogP contribution in [0.15, 0.2) is 25.0 Å². The summed E-state index contributed by atoms with van der Waals surface area (Å²) < 4.78 is 20.0. The lowest BCUT2D eigenvalue weighted by molar-refractivity contribution is 0.365. The van der Waals surface area contributed by atoms with Crippen molar-refractivity contribution in [2.45, 2.75) is 146 Å². The molecule has 42 heavy (non-hydrogen) atoms. The van der Waals surface area contributed by atoms with E-state index >= 15 is 0 Å². The molecule has 3 aromatic rings. The minimum Gasteiger partial charge on any atom is -0.428 e. The van der Waals surface area contributed by atoms with Gasteiger partial charge in [0.2, 0.25) is 34.2 Å². The van der Waals surface area contributed by atoms with E-state index in [-0.39, 0.29) is 0 Å². The molecule has 4 aliphatic carbocycles. The van der Waals surface area contributed by atoms with Crippen molar-refractivity contribution in [2.75, 3.05) is 0 Å². The lowest BCUT2D eigenvalue weighted by Gasteiger charge is -2.22. The SMILES string of the molecule is C(=C[Si](c1nnc(C2CCCCC2)o1)(c1nnc(C2CCCCC2)o1)c1nnc(C2CCCCC2)o1)C1CCCCC1. The summed E-state index contributed by atoms with van der Waals surface area (Å²) in [6.07, 6.45) is 26.1. The van der Waals surface area contributed by atoms with Crippen molar-refractivity contribution < 1.29 is 13.3 Å². The van der Waals surface area contributed by atoms with E-state index in [0.29, 0.717) is 40.2 Å². The number of hydrogen-bond acceptors (Lipinski definition) is 9. The molecule has 0 amide bonds. The van der Waals surface area contributed by atoms with Gasteiger partial charge in [-0.15, -0.1) is 30.6 Å². The lowest BCUT2D eigenvalue weighted by atomic mass is 9.89. The van der Waals surface area contributed by atoms with Crippen molar-refractivity contribution in [3.05, 3.63) is 29.4 Å². The van der Waals surface area contributed by atoms with E-state index < -0.39 is 8.07 Å². The molecule has 9 nitrogen and oxygen atoms in total. The van der Waals surface area contributed by atoms with Crippen LogP contribution in [0, 0.1) is 5.92 Å². The van der Waals surface area contributed by atoms with Gasteiger partial charge in [0.25, 0.3) is 0 Å². The highest BCUT2D eigenvalue weighted by Gasteiger charge is 2.55. The second-order valence-electron chi connectivity index (χ2n) is 13.4. The maximum atomic E-state index is 6.68. The van der Waals surface area contributed by atoms with Crippen LogP contribution in [0.4, 0.5) is 0 Å². The molecular weight excluding hydrogens is 544 g/mol. The van der Waals surface area contributed by atoms with Gasteiger partial charge in [-0.1, -0.05) is 88.8 Å². The van der Waals surface area contributed by atoms with Crippen LogP contribution in [0.2, 0.25) is 0 Å². The molecule has 226 valence electrons. The van der Waals surface area contributed by atoms with Crippen molar-refractivity contribution >= 4 is 24.6 Å². The third kappa shape index (κ3) is 5.80. The Bertz CT molecular complexity index is 1170. The average molecular weight is 591 g/mol. The van der Waals surface area contributed by atoms with E-state index in [0.717, 1.165) is 56.2 Å². The molecule has 10 heteroatoms. The number of rotatable bonds is 8. The van der Waals surface area contributed by atoms with Crippen LogP contribution in [0.25, 0.3) is 0 Å². The second kappa shape index (κ2) is 12.9. The predicted octanol–water partition coefficient (Wildman–Crippen LogP) is 6.12. The average Bonchev–Trinajstić information content (AvgIpc) is 3.86. The van der Waals surface area contributed by atoms with Gasteiger partial charge in [-0.3, -0.25) is 0 Å². The standard InChI is InChI=1S/C32H46N6O3Si/c1-5-13-23(14-6-1)21-22-42(30-36-33-27(39-30)24-15-7-2-8-16-24,31-37-34-28(40-31)25-17-9-3-10-18-25)32-38-35-29(41-32)26-19-11-4-12-20-26/h21-26H,1-20H2. The van der Waals surface area contributed by atoms with Crippen LogP contribution < -0.4 is 16.5 Å². The summed E-state index contributed by atoms with van der Waals surface area (Å²) in [5, 5.41) is 28.2. The van der Waals surface area contributed by atoms with Gasteiger partial charge in [-0.25, -0.2) is 0 Å². The highest BCUT2D eigenvalue weighted by molar-refractivity contribution is 7.11. The first-order valence-electron chi connectivity index (χ1n) is 17.0. The topological polar surface area (TPSA) is 117 Å². The molecule has 4 saturated carbocycles. The minimum atomic E-state index is -3.34. The van der Waals surface area contributed by atoms with Crippen LogP contribution in [0.1, 0.15) is 164 Å². The van der Waals surface area contributed by atoms with E-state index in [4.69, 9.17) is 28.5 Å². The van der Waals surface area contributed by atoms with Gasteiger partial charge < -0.3 is 13.3 Å². The monoisotopic (exact) mass is 590 g/mol. The summed E-state index contributed by atoms with van der Waals surface area (Å²) in [7, 11) is -3.34. The van der Waals surface area contributed by atoms with Crippen LogP contribution in [0.5, 0.6) is 0 Å². The molecule has 0 atom stereocenters. The Labute approximate surface area is 249 Å². The first-order valence-corrected chi connectivity index (χ1v) is 19.1. The van der Waals surface area contributed by atoms with Crippen LogP contribution in [-0.4, -0.2) is 38.7 Å². The van der Waals surface area contributed by atoms with Gasteiger partial charge in [-0.2, -0.15) is 0 Å². The molecule has 4 aliphatic rings. The van der Waals surface area contributed by atoms with Crippen molar-refractivity contribution in [1.29, 1.82) is 0 Å². The summed E-state index contributed by atoms with van der Waals surface area (Å²) in [6, 6.07) is 0. The molecule has 3 aromatic heterocycles. The highest BCUT2D eigenvalue weighted by Crippen LogP contribution is 2.34. The van der Waals surface area contributed by atoms with Gasteiger partial charge in [0.05, 0.1) is 0 Å². The van der Waals surface area contributed by atoms with Gasteiger partial charge in [0, 0.05) is 17.8 Å². The zero-order chi connectivity index (χ0) is 28.2. The zero-order valence-corrected chi connectivity index (χ0v) is 26.0. The van der Waals surface area contributed by atoms with E-state index in [2.05, 4.69) is 27.1 Å². The molecule has 4 fully saturated rings. The summed E-state index contributed by atoms with van der Waals surface area (Å²) in [4.78, 5) is 0. The molecule has 0 spiro atoms. The molecule has 3 heterocycles. The Morgan fingerprint density at radius 3 is 1.12 bits per heavy atom.